The monoisotopic (exact) mass is 286 g/mol. The molecule has 0 aliphatic heterocycles. The highest BCUT2D eigenvalue weighted by Gasteiger charge is 2.09. The van der Waals surface area contributed by atoms with Crippen molar-refractivity contribution in [3.63, 3.8) is 0 Å². The molecule has 1 aromatic carbocycles. The minimum atomic E-state index is -3.22. The van der Waals surface area contributed by atoms with Crippen molar-refractivity contribution < 1.29 is 13.5 Å². The highest BCUT2D eigenvalue weighted by molar-refractivity contribution is 7.90. The minimum Gasteiger partial charge on any atom is -0.397 e. The van der Waals surface area contributed by atoms with Crippen LogP contribution >= 0.6 is 0 Å². The van der Waals surface area contributed by atoms with Gasteiger partial charge in [0, 0.05) is 19.4 Å². The van der Waals surface area contributed by atoms with Gasteiger partial charge in [-0.15, -0.1) is 0 Å². The first kappa shape index (κ1) is 15.8. The van der Waals surface area contributed by atoms with Crippen molar-refractivity contribution in [1.82, 2.24) is 0 Å². The van der Waals surface area contributed by atoms with Crippen LogP contribution in [0.25, 0.3) is 0 Å². The fourth-order valence-electron chi connectivity index (χ4n) is 1.70. The molecule has 0 aliphatic rings. The number of aliphatic hydroxyl groups excluding tert-OH is 1. The Labute approximate surface area is 114 Å². The Hall–Kier alpha value is -1.27. The number of benzene rings is 1. The summed E-state index contributed by atoms with van der Waals surface area (Å²) in [4.78, 5) is 0.226. The quantitative estimate of drug-likeness (QED) is 0.522. The van der Waals surface area contributed by atoms with Gasteiger partial charge in [-0.1, -0.05) is 6.92 Å². The van der Waals surface area contributed by atoms with E-state index in [1.165, 1.54) is 6.07 Å². The van der Waals surface area contributed by atoms with Crippen molar-refractivity contribution >= 4 is 21.2 Å². The lowest BCUT2D eigenvalue weighted by atomic mass is 10.1. The highest BCUT2D eigenvalue weighted by Crippen LogP contribution is 2.22. The van der Waals surface area contributed by atoms with Crippen molar-refractivity contribution in [3.05, 3.63) is 18.2 Å². The first-order chi connectivity index (χ1) is 8.84. The molecule has 0 spiro atoms. The van der Waals surface area contributed by atoms with Crippen LogP contribution in [0.15, 0.2) is 23.1 Å². The summed E-state index contributed by atoms with van der Waals surface area (Å²) in [5, 5.41) is 12.1. The number of nitrogens with two attached hydrogens (primary N) is 1. The van der Waals surface area contributed by atoms with Crippen LogP contribution in [0, 0.1) is 5.92 Å². The third-order valence-electron chi connectivity index (χ3n) is 2.95. The molecule has 0 aliphatic carbocycles. The van der Waals surface area contributed by atoms with E-state index in [1.54, 1.807) is 12.1 Å². The van der Waals surface area contributed by atoms with Crippen LogP contribution in [0.1, 0.15) is 19.8 Å². The Morgan fingerprint density at radius 2 is 2.11 bits per heavy atom. The zero-order valence-corrected chi connectivity index (χ0v) is 12.2. The number of rotatable bonds is 7. The Bertz CT molecular complexity index is 515. The summed E-state index contributed by atoms with van der Waals surface area (Å²) < 4.78 is 22.7. The first-order valence-corrected chi connectivity index (χ1v) is 8.18. The van der Waals surface area contributed by atoms with Crippen molar-refractivity contribution in [2.45, 2.75) is 24.7 Å². The molecule has 0 saturated carbocycles. The maximum absolute atomic E-state index is 11.4. The van der Waals surface area contributed by atoms with Crippen LogP contribution in [-0.4, -0.2) is 32.9 Å². The van der Waals surface area contributed by atoms with E-state index in [1.807, 2.05) is 6.92 Å². The topological polar surface area (TPSA) is 92.4 Å². The van der Waals surface area contributed by atoms with Gasteiger partial charge in [0.05, 0.1) is 16.3 Å². The van der Waals surface area contributed by atoms with Crippen LogP contribution in [0.4, 0.5) is 11.4 Å². The van der Waals surface area contributed by atoms with E-state index in [9.17, 15) is 8.42 Å². The molecule has 1 aromatic rings. The first-order valence-electron chi connectivity index (χ1n) is 6.29. The van der Waals surface area contributed by atoms with E-state index in [0.29, 0.717) is 11.6 Å². The van der Waals surface area contributed by atoms with Gasteiger partial charge >= 0.3 is 0 Å². The van der Waals surface area contributed by atoms with E-state index in [0.717, 1.165) is 31.3 Å². The van der Waals surface area contributed by atoms with Crippen molar-refractivity contribution in [3.8, 4) is 0 Å². The predicted molar refractivity (Wildman–Crippen MR) is 77.9 cm³/mol. The maximum Gasteiger partial charge on any atom is 0.175 e. The lowest BCUT2D eigenvalue weighted by Gasteiger charge is -2.12. The zero-order chi connectivity index (χ0) is 14.5. The van der Waals surface area contributed by atoms with E-state index in [-0.39, 0.29) is 11.5 Å². The molecular formula is C13H22N2O3S. The molecule has 0 amide bonds. The van der Waals surface area contributed by atoms with Gasteiger partial charge in [0.15, 0.2) is 9.84 Å². The Morgan fingerprint density at radius 1 is 1.42 bits per heavy atom. The minimum absolute atomic E-state index is 0.200. The number of nitrogens with one attached hydrogen (secondary N) is 1. The Balaban J connectivity index is 2.56. The second-order valence-electron chi connectivity index (χ2n) is 4.88. The third-order valence-corrected chi connectivity index (χ3v) is 4.06. The summed E-state index contributed by atoms with van der Waals surface area (Å²) in [6, 6.07) is 4.69. The van der Waals surface area contributed by atoms with Crippen LogP contribution in [0.5, 0.6) is 0 Å². The number of anilines is 2. The normalized spacial score (nSPS) is 13.2. The third kappa shape index (κ3) is 5.08. The highest BCUT2D eigenvalue weighted by atomic mass is 32.2. The predicted octanol–water partition coefficient (Wildman–Crippen LogP) is 1.49. The molecule has 19 heavy (non-hydrogen) atoms. The molecule has 4 N–H and O–H groups in total. The van der Waals surface area contributed by atoms with Gasteiger partial charge in [0.2, 0.25) is 0 Å². The molecular weight excluding hydrogens is 264 g/mol. The van der Waals surface area contributed by atoms with Crippen LogP contribution in [0.3, 0.4) is 0 Å². The zero-order valence-electron chi connectivity index (χ0n) is 11.4. The largest absolute Gasteiger partial charge is 0.397 e. The summed E-state index contributed by atoms with van der Waals surface area (Å²) in [6.45, 7) is 2.94. The smallest absolute Gasteiger partial charge is 0.175 e. The SMILES string of the molecule is CC(CO)CCCNc1ccc(S(C)(=O)=O)cc1N. The van der Waals surface area contributed by atoms with Crippen molar-refractivity contribution in [1.29, 1.82) is 0 Å². The van der Waals surface area contributed by atoms with Gasteiger partial charge in [-0.2, -0.15) is 0 Å². The number of sulfone groups is 1. The molecule has 0 radical (unpaired) electrons. The van der Waals surface area contributed by atoms with Gasteiger partial charge in [-0.05, 0) is 37.0 Å². The molecule has 1 rings (SSSR count). The van der Waals surface area contributed by atoms with E-state index in [4.69, 9.17) is 10.8 Å². The summed E-state index contributed by atoms with van der Waals surface area (Å²) in [6.07, 6.45) is 3.02. The molecule has 0 saturated heterocycles. The van der Waals surface area contributed by atoms with Gasteiger partial charge < -0.3 is 16.2 Å². The standard InChI is InChI=1S/C13H22N2O3S/c1-10(9-16)4-3-7-15-13-6-5-11(8-12(13)14)19(2,17)18/h5-6,8,10,15-16H,3-4,7,9,14H2,1-2H3. The Kier molecular flexibility index (Phi) is 5.62. The van der Waals surface area contributed by atoms with E-state index < -0.39 is 9.84 Å². The fraction of sp³-hybridized carbons (Fsp3) is 0.538. The summed E-state index contributed by atoms with van der Waals surface area (Å²) in [5.41, 5.74) is 6.99. The Morgan fingerprint density at radius 3 is 2.63 bits per heavy atom. The molecule has 0 heterocycles. The maximum atomic E-state index is 11.4. The van der Waals surface area contributed by atoms with Gasteiger partial charge in [0.1, 0.15) is 0 Å². The van der Waals surface area contributed by atoms with Crippen molar-refractivity contribution in [2.24, 2.45) is 5.92 Å². The second-order valence-corrected chi connectivity index (χ2v) is 6.89. The molecule has 0 aromatic heterocycles. The summed E-state index contributed by atoms with van der Waals surface area (Å²) >= 11 is 0. The summed E-state index contributed by atoms with van der Waals surface area (Å²) in [5.74, 6) is 0.298. The number of hydrogen-bond acceptors (Lipinski definition) is 5. The number of aliphatic hydroxyl groups is 1. The average molecular weight is 286 g/mol. The molecule has 108 valence electrons. The van der Waals surface area contributed by atoms with Gasteiger partial charge in [-0.25, -0.2) is 8.42 Å². The fourth-order valence-corrected chi connectivity index (χ4v) is 2.35. The average Bonchev–Trinajstić information content (AvgIpc) is 2.34. The van der Waals surface area contributed by atoms with Crippen LogP contribution in [0.2, 0.25) is 0 Å². The lowest BCUT2D eigenvalue weighted by molar-refractivity contribution is 0.229. The number of nitrogen functional groups attached to an aromatic ring is 1. The molecule has 6 heteroatoms. The second kappa shape index (κ2) is 6.77. The molecule has 1 unspecified atom stereocenters. The van der Waals surface area contributed by atoms with Crippen LogP contribution < -0.4 is 11.1 Å². The van der Waals surface area contributed by atoms with Gasteiger partial charge in [-0.3, -0.25) is 0 Å². The number of hydrogen-bond donors (Lipinski definition) is 3. The van der Waals surface area contributed by atoms with E-state index >= 15 is 0 Å². The molecule has 0 bridgehead atoms. The molecule has 0 fully saturated rings. The summed E-state index contributed by atoms with van der Waals surface area (Å²) in [7, 11) is -3.22. The van der Waals surface area contributed by atoms with Crippen LogP contribution in [-0.2, 0) is 9.84 Å². The van der Waals surface area contributed by atoms with Gasteiger partial charge in [0.25, 0.3) is 0 Å². The molecule has 1 atom stereocenters. The lowest BCUT2D eigenvalue weighted by Crippen LogP contribution is -2.08. The molecule has 5 nitrogen and oxygen atoms in total. The van der Waals surface area contributed by atoms with E-state index in [2.05, 4.69) is 5.32 Å². The van der Waals surface area contributed by atoms with Crippen molar-refractivity contribution in [2.75, 3.05) is 30.5 Å².